The van der Waals surface area contributed by atoms with Crippen molar-refractivity contribution in [2.24, 2.45) is 0 Å². The summed E-state index contributed by atoms with van der Waals surface area (Å²) in [4.78, 5) is 12.4. The zero-order chi connectivity index (χ0) is 17.5. The smallest absolute Gasteiger partial charge is 0.258 e. The lowest BCUT2D eigenvalue weighted by molar-refractivity contribution is 0.102. The quantitative estimate of drug-likeness (QED) is 0.437. The van der Waals surface area contributed by atoms with Crippen LogP contribution >= 0.6 is 34.8 Å². The van der Waals surface area contributed by atoms with Gasteiger partial charge in [0.05, 0.1) is 27.2 Å². The third kappa shape index (κ3) is 5.04. The average molecular weight is 387 g/mol. The third-order valence-electron chi connectivity index (χ3n) is 3.40. The van der Waals surface area contributed by atoms with E-state index in [1.807, 2.05) is 12.1 Å². The molecule has 0 aliphatic carbocycles. The second kappa shape index (κ2) is 9.16. The van der Waals surface area contributed by atoms with E-state index in [0.717, 1.165) is 25.0 Å². The van der Waals surface area contributed by atoms with Gasteiger partial charge in [-0.15, -0.1) is 0 Å². The molecule has 0 aliphatic rings. The van der Waals surface area contributed by atoms with Gasteiger partial charge in [0, 0.05) is 5.69 Å². The van der Waals surface area contributed by atoms with Gasteiger partial charge in [-0.1, -0.05) is 54.6 Å². The lowest BCUT2D eigenvalue weighted by Gasteiger charge is -2.10. The number of carbonyl (C=O) groups is 1. The fourth-order valence-corrected chi connectivity index (χ4v) is 2.81. The van der Waals surface area contributed by atoms with Crippen LogP contribution in [0.2, 0.25) is 15.1 Å². The summed E-state index contributed by atoms with van der Waals surface area (Å²) in [5, 5.41) is 3.41. The molecule has 0 fully saturated rings. The highest BCUT2D eigenvalue weighted by atomic mass is 35.5. The van der Waals surface area contributed by atoms with Gasteiger partial charge in [-0.2, -0.15) is 0 Å². The molecular formula is C18H18Cl3NO2. The number of ether oxygens (including phenoxy) is 1. The molecule has 2 aromatic rings. The number of hydrogen-bond acceptors (Lipinski definition) is 2. The van der Waals surface area contributed by atoms with Crippen LogP contribution in [0, 0.1) is 0 Å². The molecule has 0 atom stereocenters. The van der Waals surface area contributed by atoms with Crippen LogP contribution in [0.1, 0.15) is 36.5 Å². The molecule has 0 unspecified atom stereocenters. The van der Waals surface area contributed by atoms with Crippen LogP contribution in [0.4, 0.5) is 5.69 Å². The van der Waals surface area contributed by atoms with Gasteiger partial charge >= 0.3 is 0 Å². The first kappa shape index (κ1) is 18.9. The van der Waals surface area contributed by atoms with Crippen LogP contribution < -0.4 is 10.1 Å². The molecule has 0 heterocycles. The number of unbranched alkanes of at least 4 members (excludes halogenated alkanes) is 2. The summed E-state index contributed by atoms with van der Waals surface area (Å²) in [7, 11) is 0. The van der Waals surface area contributed by atoms with Gasteiger partial charge in [0.25, 0.3) is 5.91 Å². The van der Waals surface area contributed by atoms with E-state index >= 15 is 0 Å². The molecule has 1 amide bonds. The Labute approximate surface area is 156 Å². The molecule has 0 radical (unpaired) electrons. The van der Waals surface area contributed by atoms with E-state index in [1.165, 1.54) is 6.07 Å². The van der Waals surface area contributed by atoms with Gasteiger partial charge in [-0.05, 0) is 42.8 Å². The van der Waals surface area contributed by atoms with E-state index in [0.29, 0.717) is 12.3 Å². The molecule has 0 bridgehead atoms. The third-order valence-corrected chi connectivity index (χ3v) is 4.52. The van der Waals surface area contributed by atoms with Crippen molar-refractivity contribution in [3.8, 4) is 5.75 Å². The summed E-state index contributed by atoms with van der Waals surface area (Å²) in [6.07, 6.45) is 3.33. The highest BCUT2D eigenvalue weighted by Crippen LogP contribution is 2.32. The van der Waals surface area contributed by atoms with E-state index in [9.17, 15) is 4.79 Å². The van der Waals surface area contributed by atoms with Gasteiger partial charge in [0.2, 0.25) is 0 Å². The molecule has 2 aromatic carbocycles. The van der Waals surface area contributed by atoms with Crippen LogP contribution in [0.25, 0.3) is 0 Å². The van der Waals surface area contributed by atoms with Crippen molar-refractivity contribution in [2.75, 3.05) is 11.9 Å². The molecule has 0 aliphatic heterocycles. The Kier molecular flexibility index (Phi) is 7.22. The van der Waals surface area contributed by atoms with Crippen LogP contribution in [-0.2, 0) is 0 Å². The van der Waals surface area contributed by atoms with E-state index < -0.39 is 5.91 Å². The summed E-state index contributed by atoms with van der Waals surface area (Å²) in [6, 6.07) is 10.2. The number of benzene rings is 2. The van der Waals surface area contributed by atoms with E-state index in [4.69, 9.17) is 39.5 Å². The molecule has 0 spiro atoms. The van der Waals surface area contributed by atoms with Gasteiger partial charge in [-0.25, -0.2) is 0 Å². The molecule has 0 aromatic heterocycles. The Balaban J connectivity index is 2.01. The molecule has 3 nitrogen and oxygen atoms in total. The Bertz CT molecular complexity index is 702. The van der Waals surface area contributed by atoms with Crippen LogP contribution in [0.3, 0.4) is 0 Å². The van der Waals surface area contributed by atoms with Gasteiger partial charge < -0.3 is 10.1 Å². The minimum atomic E-state index is -0.413. The minimum absolute atomic E-state index is 0.137. The number of anilines is 1. The van der Waals surface area contributed by atoms with Crippen molar-refractivity contribution >= 4 is 46.4 Å². The number of hydrogen-bond donors (Lipinski definition) is 1. The fraction of sp³-hybridized carbons (Fsp3) is 0.278. The SMILES string of the molecule is CCCCCOc1ccc(NC(=O)c2c(Cl)ccc(Cl)c2Cl)cc1. The van der Waals surface area contributed by atoms with Crippen molar-refractivity contribution in [1.29, 1.82) is 0 Å². The van der Waals surface area contributed by atoms with E-state index in [-0.39, 0.29) is 20.6 Å². The van der Waals surface area contributed by atoms with Crippen molar-refractivity contribution in [3.05, 3.63) is 57.0 Å². The van der Waals surface area contributed by atoms with E-state index in [2.05, 4.69) is 12.2 Å². The summed E-state index contributed by atoms with van der Waals surface area (Å²) in [5.74, 6) is 0.354. The first-order valence-corrected chi connectivity index (χ1v) is 8.84. The standard InChI is InChI=1S/C18H18Cl3NO2/c1-2-3-4-11-24-13-7-5-12(6-8-13)22-18(23)16-14(19)9-10-15(20)17(16)21/h5-10H,2-4,11H2,1H3,(H,22,23). The molecule has 0 saturated heterocycles. The summed E-state index contributed by atoms with van der Waals surface area (Å²) in [6.45, 7) is 2.84. The predicted molar refractivity (Wildman–Crippen MR) is 101 cm³/mol. The maximum absolute atomic E-state index is 12.4. The minimum Gasteiger partial charge on any atom is -0.494 e. The number of halogens is 3. The molecule has 0 saturated carbocycles. The first-order valence-electron chi connectivity index (χ1n) is 7.70. The maximum Gasteiger partial charge on any atom is 0.258 e. The number of nitrogens with one attached hydrogen (secondary N) is 1. The number of amides is 1. The molecule has 2 rings (SSSR count). The monoisotopic (exact) mass is 385 g/mol. The second-order valence-electron chi connectivity index (χ2n) is 5.25. The topological polar surface area (TPSA) is 38.3 Å². The highest BCUT2D eigenvalue weighted by Gasteiger charge is 2.17. The van der Waals surface area contributed by atoms with Crippen molar-refractivity contribution in [3.63, 3.8) is 0 Å². The number of rotatable bonds is 7. The van der Waals surface area contributed by atoms with Crippen molar-refractivity contribution in [2.45, 2.75) is 26.2 Å². The predicted octanol–water partition coefficient (Wildman–Crippen LogP) is 6.47. The average Bonchev–Trinajstić information content (AvgIpc) is 2.57. The van der Waals surface area contributed by atoms with Crippen molar-refractivity contribution in [1.82, 2.24) is 0 Å². The maximum atomic E-state index is 12.4. The van der Waals surface area contributed by atoms with Crippen LogP contribution in [0.15, 0.2) is 36.4 Å². The second-order valence-corrected chi connectivity index (χ2v) is 6.44. The largest absolute Gasteiger partial charge is 0.494 e. The molecule has 1 N–H and O–H groups in total. The Morgan fingerprint density at radius 2 is 1.67 bits per heavy atom. The van der Waals surface area contributed by atoms with Gasteiger partial charge in [0.15, 0.2) is 0 Å². The van der Waals surface area contributed by atoms with Gasteiger partial charge in [-0.3, -0.25) is 4.79 Å². The lowest BCUT2D eigenvalue weighted by Crippen LogP contribution is -2.13. The lowest BCUT2D eigenvalue weighted by atomic mass is 10.2. The normalized spacial score (nSPS) is 10.5. The summed E-state index contributed by atoms with van der Waals surface area (Å²) < 4.78 is 5.63. The Morgan fingerprint density at radius 3 is 2.33 bits per heavy atom. The number of carbonyl (C=O) groups excluding carboxylic acids is 1. The first-order chi connectivity index (χ1) is 11.5. The molecular weight excluding hydrogens is 369 g/mol. The Hall–Kier alpha value is -1.42. The highest BCUT2D eigenvalue weighted by molar-refractivity contribution is 6.46. The Morgan fingerprint density at radius 1 is 1.00 bits per heavy atom. The van der Waals surface area contributed by atoms with E-state index in [1.54, 1.807) is 18.2 Å². The van der Waals surface area contributed by atoms with Gasteiger partial charge in [0.1, 0.15) is 5.75 Å². The molecule has 6 heteroatoms. The molecule has 128 valence electrons. The summed E-state index contributed by atoms with van der Waals surface area (Å²) >= 11 is 18.1. The van der Waals surface area contributed by atoms with Crippen LogP contribution in [0.5, 0.6) is 5.75 Å². The summed E-state index contributed by atoms with van der Waals surface area (Å²) in [5.41, 5.74) is 0.777. The van der Waals surface area contributed by atoms with Crippen LogP contribution in [-0.4, -0.2) is 12.5 Å². The zero-order valence-electron chi connectivity index (χ0n) is 13.2. The fourth-order valence-electron chi connectivity index (χ4n) is 2.11. The molecule has 24 heavy (non-hydrogen) atoms. The zero-order valence-corrected chi connectivity index (χ0v) is 15.5. The van der Waals surface area contributed by atoms with Crippen molar-refractivity contribution < 1.29 is 9.53 Å².